The largest absolute Gasteiger partial charge is 0.317 e. The number of nitrogens with zero attached hydrogens (tertiary/aromatic N) is 1. The van der Waals surface area contributed by atoms with Gasteiger partial charge < -0.3 is 5.32 Å². The summed E-state index contributed by atoms with van der Waals surface area (Å²) in [4.78, 5) is -1.92. The van der Waals surface area contributed by atoms with Crippen LogP contribution in [0.1, 0.15) is 18.4 Å². The van der Waals surface area contributed by atoms with Gasteiger partial charge in [-0.3, -0.25) is 0 Å². The molecule has 120 valence electrons. The van der Waals surface area contributed by atoms with Crippen LogP contribution < -0.4 is 5.32 Å². The smallest absolute Gasteiger partial charge is 0.310 e. The Morgan fingerprint density at radius 1 is 1.00 bits per heavy atom. The van der Waals surface area contributed by atoms with Gasteiger partial charge >= 0.3 is 10.2 Å². The Labute approximate surface area is 125 Å². The second-order valence-electron chi connectivity index (χ2n) is 4.94. The molecule has 0 bridgehead atoms. The molecule has 0 aliphatic carbocycles. The van der Waals surface area contributed by atoms with E-state index in [-0.39, 0.29) is 12.4 Å². The van der Waals surface area contributed by atoms with E-state index in [1.54, 1.807) is 0 Å². The molecule has 0 radical (unpaired) electrons. The van der Waals surface area contributed by atoms with Gasteiger partial charge in [-0.1, -0.05) is 31.6 Å². The van der Waals surface area contributed by atoms with Gasteiger partial charge in [0.15, 0.2) is 0 Å². The van der Waals surface area contributed by atoms with E-state index in [4.69, 9.17) is 0 Å². The second-order valence-corrected chi connectivity index (χ2v) is 7.35. The molecule has 1 N–H and O–H groups in total. The Morgan fingerprint density at radius 2 is 1.48 bits per heavy atom. The average molecular weight is 349 g/mol. The van der Waals surface area contributed by atoms with Gasteiger partial charge in [-0.25, -0.2) is 0 Å². The lowest BCUT2D eigenvalue weighted by molar-refractivity contribution is 0.363. The topological polar surface area (TPSA) is 35.8 Å². The third-order valence-corrected chi connectivity index (χ3v) is 4.69. The minimum absolute atomic E-state index is 0. The van der Waals surface area contributed by atoms with Crippen LogP contribution in [0.15, 0.2) is 29.2 Å². The Balaban J connectivity index is 0.00000220. The Morgan fingerprint density at radius 3 is 1.86 bits per heavy atom. The summed E-state index contributed by atoms with van der Waals surface area (Å²) in [5, 5.41) is 12.3. The molecule has 1 saturated heterocycles. The van der Waals surface area contributed by atoms with Crippen LogP contribution in [0, 0.1) is 11.3 Å². The summed E-state index contributed by atoms with van der Waals surface area (Å²) in [5.74, 6) is 0. The molecule has 0 spiro atoms. The number of nitrogens with one attached hydrogen (secondary N) is 1. The fourth-order valence-electron chi connectivity index (χ4n) is 2.35. The van der Waals surface area contributed by atoms with Crippen molar-refractivity contribution in [1.29, 1.82) is 5.26 Å². The van der Waals surface area contributed by atoms with Crippen molar-refractivity contribution >= 4 is 22.6 Å². The van der Waals surface area contributed by atoms with E-state index in [0.29, 0.717) is 43.6 Å². The van der Waals surface area contributed by atoms with E-state index < -0.39 is 20.5 Å². The maximum absolute atomic E-state index is 12.6. The van der Waals surface area contributed by atoms with E-state index in [0.717, 1.165) is 12.1 Å². The molecule has 1 aliphatic rings. The molecule has 21 heavy (non-hydrogen) atoms. The number of benzene rings is 1. The highest BCUT2D eigenvalue weighted by atomic mass is 35.5. The number of hydrogen-bond donors (Lipinski definition) is 1. The van der Waals surface area contributed by atoms with Crippen LogP contribution >= 0.6 is 22.6 Å². The van der Waals surface area contributed by atoms with Crippen LogP contribution in [-0.4, -0.2) is 13.1 Å². The lowest BCUT2D eigenvalue weighted by atomic mass is 9.74. The molecule has 1 heterocycles. The third kappa shape index (κ3) is 3.78. The van der Waals surface area contributed by atoms with Crippen LogP contribution in [0.25, 0.3) is 0 Å². The van der Waals surface area contributed by atoms with Crippen LogP contribution in [-0.2, 0) is 5.41 Å². The minimum atomic E-state index is -9.64. The minimum Gasteiger partial charge on any atom is -0.317 e. The molecule has 0 amide bonds. The van der Waals surface area contributed by atoms with E-state index in [1.807, 2.05) is 0 Å². The van der Waals surface area contributed by atoms with Crippen molar-refractivity contribution in [3.63, 3.8) is 0 Å². The lowest BCUT2D eigenvalue weighted by Gasteiger charge is -2.41. The van der Waals surface area contributed by atoms with Crippen molar-refractivity contribution in [2.24, 2.45) is 0 Å². The fraction of sp³-hybridized carbons (Fsp3) is 0.417. The average Bonchev–Trinajstić information content (AvgIpc) is 2.37. The fourth-order valence-corrected chi connectivity index (χ4v) is 3.00. The predicted molar refractivity (Wildman–Crippen MR) is 74.5 cm³/mol. The summed E-state index contributed by atoms with van der Waals surface area (Å²) in [5.41, 5.74) is -0.547. The van der Waals surface area contributed by atoms with Crippen molar-refractivity contribution in [2.75, 3.05) is 13.1 Å². The Hall–Kier alpha value is -1.04. The van der Waals surface area contributed by atoms with Gasteiger partial charge in [-0.2, -0.15) is 5.26 Å². The molecule has 0 atom stereocenters. The van der Waals surface area contributed by atoms with Crippen LogP contribution in [0.5, 0.6) is 0 Å². The summed E-state index contributed by atoms with van der Waals surface area (Å²) < 4.78 is 63.1. The van der Waals surface area contributed by atoms with Crippen LogP contribution in [0.2, 0.25) is 0 Å². The molecule has 1 aromatic carbocycles. The molecular formula is C12H14ClF5N2S. The zero-order valence-corrected chi connectivity index (χ0v) is 12.4. The van der Waals surface area contributed by atoms with Crippen molar-refractivity contribution < 1.29 is 19.4 Å². The first-order chi connectivity index (χ1) is 8.97. The highest BCUT2D eigenvalue weighted by molar-refractivity contribution is 8.45. The van der Waals surface area contributed by atoms with Crippen LogP contribution in [0.4, 0.5) is 19.4 Å². The third-order valence-electron chi connectivity index (χ3n) is 3.52. The molecular weight excluding hydrogens is 335 g/mol. The molecule has 0 unspecified atom stereocenters. The summed E-state index contributed by atoms with van der Waals surface area (Å²) in [6, 6.07) is 4.83. The quantitative estimate of drug-likeness (QED) is 0.771. The first-order valence-corrected chi connectivity index (χ1v) is 7.89. The van der Waals surface area contributed by atoms with Gasteiger partial charge in [0.05, 0.1) is 11.5 Å². The maximum Gasteiger partial charge on any atom is 0.310 e. The normalized spacial score (nSPS) is 21.3. The standard InChI is InChI=1S/C12H13F5N2S.ClH/c13-20(14,15,16,17)11-3-1-10(2-4-11)12(9-18)5-7-19-8-6-12;/h1-4,19H,5-8H2;1H. The predicted octanol–water partition coefficient (Wildman–Crippen LogP) is 4.91. The lowest BCUT2D eigenvalue weighted by Crippen LogP contribution is -2.38. The van der Waals surface area contributed by atoms with E-state index in [2.05, 4.69) is 11.4 Å². The van der Waals surface area contributed by atoms with Crippen molar-refractivity contribution in [2.45, 2.75) is 23.2 Å². The molecule has 1 fully saturated rings. The first kappa shape index (κ1) is 18.0. The Bertz CT molecular complexity index is 558. The van der Waals surface area contributed by atoms with E-state index in [9.17, 15) is 24.7 Å². The van der Waals surface area contributed by atoms with Gasteiger partial charge in [0, 0.05) is 0 Å². The van der Waals surface area contributed by atoms with E-state index in [1.165, 1.54) is 0 Å². The highest BCUT2D eigenvalue weighted by Gasteiger charge is 2.65. The van der Waals surface area contributed by atoms with Crippen molar-refractivity contribution in [3.05, 3.63) is 29.8 Å². The SMILES string of the molecule is Cl.N#CC1(c2ccc(S(F)(F)(F)(F)F)cc2)CCNCC1. The Kier molecular flexibility index (Phi) is 4.06. The van der Waals surface area contributed by atoms with Gasteiger partial charge in [-0.15, -0.1) is 12.4 Å². The summed E-state index contributed by atoms with van der Waals surface area (Å²) >= 11 is 0. The molecule has 2 nitrogen and oxygen atoms in total. The number of rotatable bonds is 2. The summed E-state index contributed by atoms with van der Waals surface area (Å²) in [7, 11) is -9.64. The number of hydrogen-bond acceptors (Lipinski definition) is 2. The van der Waals surface area contributed by atoms with Crippen LogP contribution in [0.3, 0.4) is 0 Å². The molecule has 9 heteroatoms. The summed E-state index contributed by atoms with van der Waals surface area (Å²) in [6.07, 6.45) is 0.887. The molecule has 2 rings (SSSR count). The monoisotopic (exact) mass is 348 g/mol. The van der Waals surface area contributed by atoms with Gasteiger partial charge in [-0.05, 0) is 43.6 Å². The second kappa shape index (κ2) is 4.73. The van der Waals surface area contributed by atoms with Crippen molar-refractivity contribution in [1.82, 2.24) is 5.32 Å². The first-order valence-electron chi connectivity index (χ1n) is 5.93. The van der Waals surface area contributed by atoms with Gasteiger partial charge in [0.2, 0.25) is 0 Å². The highest BCUT2D eigenvalue weighted by Crippen LogP contribution is 3.02. The maximum atomic E-state index is 12.6. The summed E-state index contributed by atoms with van der Waals surface area (Å²) in [6.45, 7) is 1.13. The molecule has 0 aromatic heterocycles. The number of halogens is 6. The van der Waals surface area contributed by atoms with Crippen molar-refractivity contribution in [3.8, 4) is 6.07 Å². The molecule has 0 saturated carbocycles. The zero-order valence-electron chi connectivity index (χ0n) is 10.8. The van der Waals surface area contributed by atoms with Gasteiger partial charge in [0.25, 0.3) is 0 Å². The van der Waals surface area contributed by atoms with E-state index >= 15 is 0 Å². The molecule has 1 aliphatic heterocycles. The number of piperidine rings is 1. The number of nitriles is 1. The zero-order chi connectivity index (χ0) is 15.1. The van der Waals surface area contributed by atoms with Gasteiger partial charge in [0.1, 0.15) is 4.90 Å². The molecule has 1 aromatic rings.